The fraction of sp³-hybridized carbons (Fsp3) is 0.333. The molecule has 6 rings (SSSR count). The van der Waals surface area contributed by atoms with Crippen molar-refractivity contribution in [2.24, 2.45) is 5.92 Å². The second kappa shape index (κ2) is 7.95. The minimum absolute atomic E-state index is 0.00506. The molecule has 0 aromatic carbocycles. The summed E-state index contributed by atoms with van der Waals surface area (Å²) >= 11 is 0. The summed E-state index contributed by atoms with van der Waals surface area (Å²) in [6, 6.07) is 10.2. The molecule has 2 aliphatic heterocycles. The van der Waals surface area contributed by atoms with Crippen LogP contribution in [0.25, 0.3) is 22.3 Å². The van der Waals surface area contributed by atoms with E-state index in [0.29, 0.717) is 18.7 Å². The Kier molecular flexibility index (Phi) is 4.88. The molecule has 9 nitrogen and oxygen atoms in total. The van der Waals surface area contributed by atoms with Crippen molar-refractivity contribution < 1.29 is 8.42 Å². The van der Waals surface area contributed by atoms with Gasteiger partial charge in [0.15, 0.2) is 14.9 Å². The second-order valence-corrected chi connectivity index (χ2v) is 11.0. The number of aryl methyl sites for hydroxylation is 1. The van der Waals surface area contributed by atoms with Gasteiger partial charge in [-0.1, -0.05) is 6.07 Å². The fourth-order valence-corrected chi connectivity index (χ4v) is 6.70. The predicted molar refractivity (Wildman–Crippen MR) is 127 cm³/mol. The molecule has 2 unspecified atom stereocenters. The first-order valence-corrected chi connectivity index (χ1v) is 13.0. The third kappa shape index (κ3) is 3.44. The highest BCUT2D eigenvalue weighted by Gasteiger charge is 2.33. The van der Waals surface area contributed by atoms with E-state index in [1.807, 2.05) is 36.7 Å². The Morgan fingerprint density at radius 2 is 2.15 bits per heavy atom. The van der Waals surface area contributed by atoms with Gasteiger partial charge in [-0.15, -0.1) is 0 Å². The van der Waals surface area contributed by atoms with E-state index in [2.05, 4.69) is 41.7 Å². The molecule has 1 saturated heterocycles. The molecule has 34 heavy (non-hydrogen) atoms. The van der Waals surface area contributed by atoms with Crippen molar-refractivity contribution in [3.05, 3.63) is 54.7 Å². The number of rotatable bonds is 5. The number of anilines is 1. The summed E-state index contributed by atoms with van der Waals surface area (Å²) in [5.74, 6) is 1.08. The van der Waals surface area contributed by atoms with E-state index in [-0.39, 0.29) is 22.7 Å². The van der Waals surface area contributed by atoms with Crippen molar-refractivity contribution in [1.82, 2.24) is 24.5 Å². The largest absolute Gasteiger partial charge is 0.356 e. The summed E-state index contributed by atoms with van der Waals surface area (Å²) in [5, 5.41) is 10.8. The van der Waals surface area contributed by atoms with Gasteiger partial charge in [-0.25, -0.2) is 23.4 Å². The van der Waals surface area contributed by atoms with E-state index in [0.717, 1.165) is 47.4 Å². The normalized spacial score (nSPS) is 19.9. The van der Waals surface area contributed by atoms with Crippen LogP contribution >= 0.6 is 0 Å². The van der Waals surface area contributed by atoms with Gasteiger partial charge in [0, 0.05) is 42.6 Å². The molecule has 172 valence electrons. The van der Waals surface area contributed by atoms with Crippen LogP contribution in [0, 0.1) is 17.2 Å². The van der Waals surface area contributed by atoms with Gasteiger partial charge < -0.3 is 14.5 Å². The van der Waals surface area contributed by atoms with Crippen LogP contribution in [0.1, 0.15) is 24.4 Å². The summed E-state index contributed by atoms with van der Waals surface area (Å²) in [7, 11) is -3.27. The number of pyridine rings is 1. The number of nitrogens with zero attached hydrogens (tertiary/aromatic N) is 6. The predicted octanol–water partition coefficient (Wildman–Crippen LogP) is 3.13. The number of hydrogen-bond acceptors (Lipinski definition) is 7. The fourth-order valence-electron chi connectivity index (χ4n) is 5.22. The van der Waals surface area contributed by atoms with Gasteiger partial charge in [0.1, 0.15) is 17.8 Å². The van der Waals surface area contributed by atoms with E-state index < -0.39 is 9.84 Å². The minimum atomic E-state index is -3.27. The molecule has 10 heteroatoms. The molecule has 6 heterocycles. The van der Waals surface area contributed by atoms with E-state index in [9.17, 15) is 13.7 Å². The molecule has 0 aliphatic carbocycles. The Balaban J connectivity index is 1.26. The molecule has 0 saturated carbocycles. The lowest BCUT2D eigenvalue weighted by Gasteiger charge is -2.24. The first kappa shape index (κ1) is 20.9. The highest BCUT2D eigenvalue weighted by atomic mass is 32.2. The van der Waals surface area contributed by atoms with Crippen LogP contribution in [0.15, 0.2) is 54.2 Å². The highest BCUT2D eigenvalue weighted by molar-refractivity contribution is 7.91. The Labute approximate surface area is 197 Å². The summed E-state index contributed by atoms with van der Waals surface area (Å²) < 4.78 is 26.7. The van der Waals surface area contributed by atoms with Crippen LogP contribution in [0.2, 0.25) is 0 Å². The average Bonchev–Trinajstić information content (AvgIpc) is 3.63. The SMILES string of the molecule is N#CCC(C1CCN(c2ccc3c(n2)S(=O)(=O)CC3)C1)n1ccc(-c2ncnc3[nH]ccc23)c1. The van der Waals surface area contributed by atoms with Gasteiger partial charge in [-0.2, -0.15) is 5.26 Å². The molecular weight excluding hydrogens is 450 g/mol. The third-order valence-electron chi connectivity index (χ3n) is 6.98. The van der Waals surface area contributed by atoms with Crippen molar-refractivity contribution in [3.63, 3.8) is 0 Å². The quantitative estimate of drug-likeness (QED) is 0.473. The monoisotopic (exact) mass is 473 g/mol. The lowest BCUT2D eigenvalue weighted by Crippen LogP contribution is -2.25. The van der Waals surface area contributed by atoms with Crippen LogP contribution in [0.3, 0.4) is 0 Å². The number of H-pyrrole nitrogens is 1. The highest BCUT2D eigenvalue weighted by Crippen LogP contribution is 2.35. The zero-order valence-electron chi connectivity index (χ0n) is 18.4. The van der Waals surface area contributed by atoms with E-state index in [1.165, 1.54) is 0 Å². The van der Waals surface area contributed by atoms with Gasteiger partial charge >= 0.3 is 0 Å². The Bertz CT molecular complexity index is 1530. The van der Waals surface area contributed by atoms with Gasteiger partial charge in [0.2, 0.25) is 0 Å². The molecule has 1 N–H and O–H groups in total. The van der Waals surface area contributed by atoms with Crippen molar-refractivity contribution in [1.29, 1.82) is 5.26 Å². The zero-order chi connectivity index (χ0) is 23.3. The van der Waals surface area contributed by atoms with Crippen molar-refractivity contribution in [3.8, 4) is 17.3 Å². The lowest BCUT2D eigenvalue weighted by atomic mass is 9.96. The Morgan fingerprint density at radius 1 is 1.24 bits per heavy atom. The van der Waals surface area contributed by atoms with Crippen LogP contribution in [-0.2, 0) is 16.3 Å². The van der Waals surface area contributed by atoms with Gasteiger partial charge in [-0.3, -0.25) is 0 Å². The van der Waals surface area contributed by atoms with E-state index in [4.69, 9.17) is 0 Å². The number of aromatic nitrogens is 5. The average molecular weight is 474 g/mol. The molecule has 1 fully saturated rings. The summed E-state index contributed by atoms with van der Waals surface area (Å²) in [4.78, 5) is 18.5. The van der Waals surface area contributed by atoms with Crippen LogP contribution in [0.5, 0.6) is 0 Å². The summed E-state index contributed by atoms with van der Waals surface area (Å²) in [6.07, 6.45) is 9.30. The number of aromatic amines is 1. The minimum Gasteiger partial charge on any atom is -0.356 e. The zero-order valence-corrected chi connectivity index (χ0v) is 19.2. The number of hydrogen-bond donors (Lipinski definition) is 1. The van der Waals surface area contributed by atoms with Crippen LogP contribution in [0.4, 0.5) is 5.82 Å². The van der Waals surface area contributed by atoms with Crippen LogP contribution in [-0.4, -0.2) is 51.8 Å². The molecule has 4 aromatic heterocycles. The molecule has 2 aliphatic rings. The van der Waals surface area contributed by atoms with Crippen molar-refractivity contribution >= 4 is 26.7 Å². The first-order chi connectivity index (χ1) is 16.5. The van der Waals surface area contributed by atoms with Crippen molar-refractivity contribution in [2.75, 3.05) is 23.7 Å². The number of sulfone groups is 1. The number of nitrogens with one attached hydrogen (secondary N) is 1. The molecule has 0 amide bonds. The smallest absolute Gasteiger partial charge is 0.196 e. The molecule has 0 bridgehead atoms. The van der Waals surface area contributed by atoms with Gasteiger partial charge in [-0.05, 0) is 42.5 Å². The topological polar surface area (TPSA) is 121 Å². The van der Waals surface area contributed by atoms with Crippen molar-refractivity contribution in [2.45, 2.75) is 30.3 Å². The summed E-state index contributed by atoms with van der Waals surface area (Å²) in [6.45, 7) is 1.50. The Hall–Kier alpha value is -3.71. The maximum atomic E-state index is 12.3. The van der Waals surface area contributed by atoms with Gasteiger partial charge in [0.05, 0.1) is 30.0 Å². The van der Waals surface area contributed by atoms with Gasteiger partial charge in [0.25, 0.3) is 0 Å². The molecular formula is C24H23N7O2S. The molecule has 2 atom stereocenters. The van der Waals surface area contributed by atoms with E-state index in [1.54, 1.807) is 6.33 Å². The molecule has 0 spiro atoms. The number of fused-ring (bicyclic) bond motifs is 2. The molecule has 4 aromatic rings. The Morgan fingerprint density at radius 3 is 3.03 bits per heavy atom. The third-order valence-corrected chi connectivity index (χ3v) is 8.66. The standard InChI is InChI=1S/C24H23N7O2S/c25-8-3-20(30-10-6-18(14-30)22-19-4-9-26-23(19)28-15-27-22)17-5-11-31(13-17)21-2-1-16-7-12-34(32,33)24(16)29-21/h1-2,4,6,9-10,14-15,17,20H,3,5,7,11-13H2,(H,26,27,28). The number of nitriles is 1. The van der Waals surface area contributed by atoms with E-state index >= 15 is 0 Å². The molecule has 0 radical (unpaired) electrons. The maximum absolute atomic E-state index is 12.3. The van der Waals surface area contributed by atoms with Crippen LogP contribution < -0.4 is 4.90 Å². The maximum Gasteiger partial charge on any atom is 0.196 e. The second-order valence-electron chi connectivity index (χ2n) is 8.94. The lowest BCUT2D eigenvalue weighted by molar-refractivity contribution is 0.360. The summed E-state index contributed by atoms with van der Waals surface area (Å²) in [5.41, 5.74) is 3.44. The first-order valence-electron chi connectivity index (χ1n) is 11.3.